The van der Waals surface area contributed by atoms with Crippen molar-refractivity contribution in [1.82, 2.24) is 24.5 Å². The molecule has 5 rings (SSSR count). The van der Waals surface area contributed by atoms with Crippen LogP contribution in [0.5, 0.6) is 5.88 Å². The monoisotopic (exact) mass is 498 g/mol. The predicted octanol–water partition coefficient (Wildman–Crippen LogP) is 1.79. The number of rotatable bonds is 7. The average molecular weight is 499 g/mol. The van der Waals surface area contributed by atoms with Gasteiger partial charge in [-0.3, -0.25) is 4.57 Å². The van der Waals surface area contributed by atoms with Gasteiger partial charge < -0.3 is 25.0 Å². The number of anilines is 1. The SMILES string of the molecule is C[C@H]1O[C@@H](n2c(NCc3ccc(C#N)nc3)nc3c(OCc4ccc(C#N)cc4)ncnc32)[C@H](O)[C@@H]1O. The molecule has 1 aromatic carbocycles. The van der Waals surface area contributed by atoms with Crippen molar-refractivity contribution in [3.8, 4) is 18.0 Å². The molecular weight excluding hydrogens is 476 g/mol. The number of aromatic nitrogens is 5. The van der Waals surface area contributed by atoms with E-state index in [1.165, 1.54) is 6.33 Å². The summed E-state index contributed by atoms with van der Waals surface area (Å²) < 4.78 is 13.4. The predicted molar refractivity (Wildman–Crippen MR) is 129 cm³/mol. The van der Waals surface area contributed by atoms with E-state index in [0.717, 1.165) is 11.1 Å². The third kappa shape index (κ3) is 4.77. The minimum Gasteiger partial charge on any atom is -0.471 e. The van der Waals surface area contributed by atoms with E-state index in [1.54, 1.807) is 54.1 Å². The normalized spacial score (nSPS) is 20.9. The summed E-state index contributed by atoms with van der Waals surface area (Å²) in [4.78, 5) is 17.3. The highest BCUT2D eigenvalue weighted by Crippen LogP contribution is 2.36. The third-order valence-corrected chi connectivity index (χ3v) is 6.02. The Morgan fingerprint density at radius 2 is 1.81 bits per heavy atom. The van der Waals surface area contributed by atoms with Crippen LogP contribution in [0.2, 0.25) is 0 Å². The number of benzene rings is 1. The molecule has 12 nitrogen and oxygen atoms in total. The van der Waals surface area contributed by atoms with Crippen molar-refractivity contribution < 1.29 is 19.7 Å². The maximum atomic E-state index is 10.7. The second kappa shape index (κ2) is 10.2. The lowest BCUT2D eigenvalue weighted by molar-refractivity contribution is -0.0287. The molecule has 4 aromatic rings. The lowest BCUT2D eigenvalue weighted by atomic mass is 10.1. The van der Waals surface area contributed by atoms with E-state index in [9.17, 15) is 10.2 Å². The molecule has 3 aromatic heterocycles. The van der Waals surface area contributed by atoms with Gasteiger partial charge >= 0.3 is 0 Å². The molecule has 0 unspecified atom stereocenters. The van der Waals surface area contributed by atoms with Crippen molar-refractivity contribution in [3.63, 3.8) is 0 Å². The quantitative estimate of drug-likeness (QED) is 0.339. The van der Waals surface area contributed by atoms with E-state index in [0.29, 0.717) is 34.9 Å². The molecule has 37 heavy (non-hydrogen) atoms. The second-order valence-electron chi connectivity index (χ2n) is 8.48. The molecule has 4 atom stereocenters. The number of fused-ring (bicyclic) bond motifs is 1. The molecule has 186 valence electrons. The summed E-state index contributed by atoms with van der Waals surface area (Å²) in [7, 11) is 0. The van der Waals surface area contributed by atoms with Gasteiger partial charge in [0.1, 0.15) is 36.9 Å². The van der Waals surface area contributed by atoms with E-state index in [2.05, 4.69) is 31.3 Å². The summed E-state index contributed by atoms with van der Waals surface area (Å²) in [6.45, 7) is 2.16. The first-order chi connectivity index (χ1) is 18.0. The van der Waals surface area contributed by atoms with Crippen molar-refractivity contribution in [2.75, 3.05) is 5.32 Å². The summed E-state index contributed by atoms with van der Waals surface area (Å²) in [5.41, 5.74) is 3.16. The maximum Gasteiger partial charge on any atom is 0.245 e. The first kappa shape index (κ1) is 24.1. The van der Waals surface area contributed by atoms with Crippen molar-refractivity contribution in [2.24, 2.45) is 0 Å². The van der Waals surface area contributed by atoms with Crippen LogP contribution in [0.3, 0.4) is 0 Å². The van der Waals surface area contributed by atoms with Crippen molar-refractivity contribution >= 4 is 17.1 Å². The molecule has 4 heterocycles. The highest BCUT2D eigenvalue weighted by molar-refractivity contribution is 5.79. The third-order valence-electron chi connectivity index (χ3n) is 6.02. The number of nitrogens with one attached hydrogen (secondary N) is 1. The number of aliphatic hydroxyl groups is 2. The van der Waals surface area contributed by atoms with E-state index < -0.39 is 24.5 Å². The Balaban J connectivity index is 1.48. The van der Waals surface area contributed by atoms with E-state index in [-0.39, 0.29) is 12.5 Å². The summed E-state index contributed by atoms with van der Waals surface area (Å²) in [6, 6.07) is 14.4. The van der Waals surface area contributed by atoms with Gasteiger partial charge in [-0.05, 0) is 36.2 Å². The van der Waals surface area contributed by atoms with Crippen LogP contribution in [0.1, 0.15) is 35.5 Å². The zero-order chi connectivity index (χ0) is 25.9. The number of pyridine rings is 1. The van der Waals surface area contributed by atoms with Crippen molar-refractivity contribution in [3.05, 3.63) is 71.3 Å². The number of hydrogen-bond acceptors (Lipinski definition) is 11. The van der Waals surface area contributed by atoms with Crippen LogP contribution in [0.25, 0.3) is 11.2 Å². The van der Waals surface area contributed by atoms with Gasteiger partial charge in [-0.1, -0.05) is 18.2 Å². The van der Waals surface area contributed by atoms with Crippen LogP contribution in [0, 0.1) is 22.7 Å². The molecule has 0 radical (unpaired) electrons. The smallest absolute Gasteiger partial charge is 0.245 e. The van der Waals surface area contributed by atoms with Crippen LogP contribution >= 0.6 is 0 Å². The zero-order valence-electron chi connectivity index (χ0n) is 19.7. The highest BCUT2D eigenvalue weighted by Gasteiger charge is 2.43. The summed E-state index contributed by atoms with van der Waals surface area (Å²) in [5, 5.41) is 42.2. The van der Waals surface area contributed by atoms with Crippen LogP contribution in [-0.2, 0) is 17.9 Å². The number of imidazole rings is 1. The van der Waals surface area contributed by atoms with Gasteiger partial charge in [0.15, 0.2) is 17.4 Å². The van der Waals surface area contributed by atoms with Gasteiger partial charge in [0.05, 0.1) is 17.7 Å². The van der Waals surface area contributed by atoms with Gasteiger partial charge in [0, 0.05) is 12.7 Å². The lowest BCUT2D eigenvalue weighted by Crippen LogP contribution is -2.30. The average Bonchev–Trinajstić information content (AvgIpc) is 3.43. The van der Waals surface area contributed by atoms with Crippen LogP contribution in [-0.4, -0.2) is 53.0 Å². The van der Waals surface area contributed by atoms with Gasteiger partial charge in [0.2, 0.25) is 11.8 Å². The Kier molecular flexibility index (Phi) is 6.62. The highest BCUT2D eigenvalue weighted by atomic mass is 16.6. The molecule has 0 amide bonds. The first-order valence-electron chi connectivity index (χ1n) is 11.4. The molecule has 1 aliphatic rings. The standard InChI is InChI=1S/C25H22N8O4/c1-14-20(34)21(35)24(37-14)33-22-19(32-25(33)29-11-17-6-7-18(9-27)28-10-17)23(31-13-30-22)36-12-16-4-2-15(8-26)3-5-16/h2-7,10,13-14,20-21,24,34-35H,11-12H2,1H3,(H,29,32)/t14-,20-,21-,24-/m1/s1. The van der Waals surface area contributed by atoms with E-state index in [1.807, 2.05) is 6.07 Å². The number of ether oxygens (including phenoxy) is 2. The van der Waals surface area contributed by atoms with Crippen molar-refractivity contribution in [1.29, 1.82) is 10.5 Å². The fourth-order valence-corrected chi connectivity index (χ4v) is 4.00. The number of nitrogens with zero attached hydrogens (tertiary/aromatic N) is 7. The molecule has 0 bridgehead atoms. The van der Waals surface area contributed by atoms with Gasteiger partial charge in [-0.15, -0.1) is 0 Å². The topological polar surface area (TPSA) is 175 Å². The minimum atomic E-state index is -1.22. The van der Waals surface area contributed by atoms with E-state index in [4.69, 9.17) is 20.0 Å². The zero-order valence-corrected chi connectivity index (χ0v) is 19.7. The molecule has 1 fully saturated rings. The first-order valence-corrected chi connectivity index (χ1v) is 11.4. The largest absolute Gasteiger partial charge is 0.471 e. The Hall–Kier alpha value is -4.62. The minimum absolute atomic E-state index is 0.183. The van der Waals surface area contributed by atoms with Gasteiger partial charge in [-0.25, -0.2) is 15.0 Å². The Labute approximate surface area is 211 Å². The van der Waals surface area contributed by atoms with Crippen LogP contribution in [0.15, 0.2) is 48.9 Å². The molecule has 1 saturated heterocycles. The summed E-state index contributed by atoms with van der Waals surface area (Å²) in [5.74, 6) is 0.533. The Morgan fingerprint density at radius 1 is 1.03 bits per heavy atom. The molecule has 1 aliphatic heterocycles. The van der Waals surface area contributed by atoms with E-state index >= 15 is 0 Å². The molecule has 0 spiro atoms. The second-order valence-corrected chi connectivity index (χ2v) is 8.48. The number of aliphatic hydroxyl groups excluding tert-OH is 2. The molecule has 0 aliphatic carbocycles. The fourth-order valence-electron chi connectivity index (χ4n) is 4.00. The number of nitriles is 2. The summed E-state index contributed by atoms with van der Waals surface area (Å²) in [6.07, 6.45) is -0.976. The summed E-state index contributed by atoms with van der Waals surface area (Å²) >= 11 is 0. The van der Waals surface area contributed by atoms with Crippen molar-refractivity contribution in [2.45, 2.75) is 44.6 Å². The fraction of sp³-hybridized carbons (Fsp3) is 0.280. The molecule has 3 N–H and O–H groups in total. The lowest BCUT2D eigenvalue weighted by Gasteiger charge is -2.19. The Bertz CT molecular complexity index is 1490. The number of hydrogen-bond donors (Lipinski definition) is 3. The molecule has 0 saturated carbocycles. The van der Waals surface area contributed by atoms with Gasteiger partial charge in [0.25, 0.3) is 0 Å². The molecule has 12 heteroatoms. The van der Waals surface area contributed by atoms with Crippen LogP contribution < -0.4 is 10.1 Å². The van der Waals surface area contributed by atoms with Gasteiger partial charge in [-0.2, -0.15) is 15.5 Å². The molecular formula is C25H22N8O4. The Morgan fingerprint density at radius 3 is 2.46 bits per heavy atom. The van der Waals surface area contributed by atoms with Crippen LogP contribution in [0.4, 0.5) is 5.95 Å². The maximum absolute atomic E-state index is 10.7.